The van der Waals surface area contributed by atoms with E-state index in [1.807, 2.05) is 51.1 Å². The van der Waals surface area contributed by atoms with Gasteiger partial charge in [-0.05, 0) is 42.3 Å². The standard InChI is InChI=1S/C26H29FN4O3/c1-16(2)25(32)30-14-21(15-30)26(33)31(23-7-5-6-17(3)10-23)13-19-8-9-20(12-22(27)11-19)24-29-28-18(4)34-24/h5-10,12,16,21H,11,13-15H2,1-4H3. The van der Waals surface area contributed by atoms with Crippen LogP contribution < -0.4 is 4.90 Å². The second-order valence-electron chi connectivity index (χ2n) is 9.20. The van der Waals surface area contributed by atoms with Gasteiger partial charge in [-0.1, -0.05) is 32.1 Å². The first-order valence-corrected chi connectivity index (χ1v) is 11.4. The number of aromatic nitrogens is 2. The molecule has 0 saturated carbocycles. The fourth-order valence-corrected chi connectivity index (χ4v) is 4.10. The summed E-state index contributed by atoms with van der Waals surface area (Å²) in [6.45, 7) is 8.41. The van der Waals surface area contributed by atoms with E-state index in [9.17, 15) is 14.0 Å². The summed E-state index contributed by atoms with van der Waals surface area (Å²) in [6, 6.07) is 7.69. The topological polar surface area (TPSA) is 79.5 Å². The number of halogens is 1. The molecule has 1 aliphatic carbocycles. The normalized spacial score (nSPS) is 16.4. The van der Waals surface area contributed by atoms with Gasteiger partial charge in [-0.15, -0.1) is 10.2 Å². The Morgan fingerprint density at radius 3 is 2.62 bits per heavy atom. The number of nitrogens with zero attached hydrogens (tertiary/aromatic N) is 4. The second-order valence-corrected chi connectivity index (χ2v) is 9.20. The van der Waals surface area contributed by atoms with E-state index < -0.39 is 0 Å². The van der Waals surface area contributed by atoms with Crippen molar-refractivity contribution in [2.75, 3.05) is 24.5 Å². The number of aryl methyl sites for hydroxylation is 2. The van der Waals surface area contributed by atoms with Crippen LogP contribution in [0.3, 0.4) is 0 Å². The molecule has 0 atom stereocenters. The zero-order valence-corrected chi connectivity index (χ0v) is 19.9. The first-order valence-electron chi connectivity index (χ1n) is 11.4. The van der Waals surface area contributed by atoms with Crippen molar-refractivity contribution in [2.24, 2.45) is 11.8 Å². The van der Waals surface area contributed by atoms with Gasteiger partial charge in [-0.2, -0.15) is 0 Å². The smallest absolute Gasteiger partial charge is 0.247 e. The molecule has 1 fully saturated rings. The molecule has 34 heavy (non-hydrogen) atoms. The molecule has 8 heteroatoms. The van der Waals surface area contributed by atoms with E-state index in [2.05, 4.69) is 10.2 Å². The summed E-state index contributed by atoms with van der Waals surface area (Å²) in [4.78, 5) is 29.2. The predicted molar refractivity (Wildman–Crippen MR) is 127 cm³/mol. The van der Waals surface area contributed by atoms with E-state index in [1.54, 1.807) is 22.8 Å². The van der Waals surface area contributed by atoms with Gasteiger partial charge in [-0.3, -0.25) is 9.59 Å². The van der Waals surface area contributed by atoms with Crippen molar-refractivity contribution in [1.82, 2.24) is 15.1 Å². The number of carbonyl (C=O) groups excluding carboxylic acids is 2. The van der Waals surface area contributed by atoms with Crippen LogP contribution in [0.5, 0.6) is 0 Å². The number of amides is 2. The lowest BCUT2D eigenvalue weighted by atomic mass is 9.95. The van der Waals surface area contributed by atoms with Crippen LogP contribution in [0.15, 0.2) is 58.3 Å². The van der Waals surface area contributed by atoms with E-state index >= 15 is 0 Å². The molecule has 1 aromatic carbocycles. The molecule has 2 aromatic rings. The number of hydrogen-bond acceptors (Lipinski definition) is 5. The SMILES string of the molecule is Cc1cccc(N(CC2=CC=C(c3nnc(C)o3)C=C(F)C2)C(=O)C2CN(C(=O)C(C)C)C2)c1. The third kappa shape index (κ3) is 5.16. The number of carbonyl (C=O) groups is 2. The van der Waals surface area contributed by atoms with Gasteiger partial charge < -0.3 is 14.2 Å². The third-order valence-electron chi connectivity index (χ3n) is 5.96. The monoisotopic (exact) mass is 464 g/mol. The number of benzene rings is 1. The van der Waals surface area contributed by atoms with Crippen molar-refractivity contribution in [2.45, 2.75) is 34.1 Å². The van der Waals surface area contributed by atoms with E-state index in [4.69, 9.17) is 4.42 Å². The zero-order valence-electron chi connectivity index (χ0n) is 19.9. The third-order valence-corrected chi connectivity index (χ3v) is 5.96. The highest BCUT2D eigenvalue weighted by Crippen LogP contribution is 2.29. The number of likely N-dealkylation sites (tertiary alicyclic amines) is 1. The summed E-state index contributed by atoms with van der Waals surface area (Å²) in [5.41, 5.74) is 3.01. The summed E-state index contributed by atoms with van der Waals surface area (Å²) in [7, 11) is 0. The molecule has 1 saturated heterocycles. The Morgan fingerprint density at radius 1 is 1.21 bits per heavy atom. The Kier molecular flexibility index (Phi) is 6.77. The van der Waals surface area contributed by atoms with Crippen LogP contribution in [0, 0.1) is 25.7 Å². The minimum absolute atomic E-state index is 0.0544. The van der Waals surface area contributed by atoms with Gasteiger partial charge in [0.25, 0.3) is 0 Å². The summed E-state index contributed by atoms with van der Waals surface area (Å²) in [5, 5.41) is 7.78. The van der Waals surface area contributed by atoms with Crippen molar-refractivity contribution in [3.8, 4) is 0 Å². The molecule has 2 amide bonds. The lowest BCUT2D eigenvalue weighted by molar-refractivity contribution is -0.144. The van der Waals surface area contributed by atoms with E-state index in [1.165, 1.54) is 6.08 Å². The molecule has 2 aliphatic rings. The van der Waals surface area contributed by atoms with Crippen molar-refractivity contribution >= 4 is 23.1 Å². The molecule has 1 aliphatic heterocycles. The van der Waals surface area contributed by atoms with Gasteiger partial charge in [0.1, 0.15) is 5.83 Å². The van der Waals surface area contributed by atoms with Crippen LogP contribution in [0.1, 0.15) is 37.6 Å². The number of allylic oxidation sites excluding steroid dienone is 5. The number of anilines is 1. The van der Waals surface area contributed by atoms with E-state index in [0.29, 0.717) is 24.6 Å². The fraction of sp³-hybridized carbons (Fsp3) is 0.385. The average molecular weight is 465 g/mol. The maximum Gasteiger partial charge on any atom is 0.247 e. The molecule has 178 valence electrons. The predicted octanol–water partition coefficient (Wildman–Crippen LogP) is 4.40. The highest BCUT2D eigenvalue weighted by Gasteiger charge is 2.39. The molecule has 7 nitrogen and oxygen atoms in total. The Balaban J connectivity index is 1.57. The quantitative estimate of drug-likeness (QED) is 0.633. The van der Waals surface area contributed by atoms with Crippen LogP contribution in [0.2, 0.25) is 0 Å². The number of rotatable bonds is 6. The lowest BCUT2D eigenvalue weighted by Gasteiger charge is -2.41. The Hall–Kier alpha value is -3.55. The van der Waals surface area contributed by atoms with Gasteiger partial charge in [0, 0.05) is 50.2 Å². The summed E-state index contributed by atoms with van der Waals surface area (Å²) in [6.07, 6.45) is 5.01. The lowest BCUT2D eigenvalue weighted by Crippen LogP contribution is -2.57. The molecule has 0 unspecified atom stereocenters. The van der Waals surface area contributed by atoms with Crippen LogP contribution in [0.25, 0.3) is 5.57 Å². The first-order chi connectivity index (χ1) is 16.2. The molecule has 1 aromatic heterocycles. The van der Waals surface area contributed by atoms with E-state index in [-0.39, 0.29) is 48.3 Å². The molecular weight excluding hydrogens is 435 g/mol. The maximum atomic E-state index is 14.7. The zero-order chi connectivity index (χ0) is 24.4. The minimum Gasteiger partial charge on any atom is -0.421 e. The fourth-order valence-electron chi connectivity index (χ4n) is 4.10. The largest absolute Gasteiger partial charge is 0.421 e. The molecule has 4 rings (SSSR count). The van der Waals surface area contributed by atoms with Gasteiger partial charge in [0.05, 0.1) is 5.92 Å². The minimum atomic E-state index is -0.347. The summed E-state index contributed by atoms with van der Waals surface area (Å²) < 4.78 is 20.2. The molecular formula is C26H29FN4O3. The summed E-state index contributed by atoms with van der Waals surface area (Å²) >= 11 is 0. The van der Waals surface area contributed by atoms with Gasteiger partial charge >= 0.3 is 0 Å². The van der Waals surface area contributed by atoms with Crippen LogP contribution in [0.4, 0.5) is 10.1 Å². The average Bonchev–Trinajstić information content (AvgIpc) is 3.09. The Morgan fingerprint density at radius 2 is 1.97 bits per heavy atom. The van der Waals surface area contributed by atoms with Crippen molar-refractivity contribution < 1.29 is 18.4 Å². The molecule has 0 radical (unpaired) electrons. The van der Waals surface area contributed by atoms with Gasteiger partial charge in [-0.25, -0.2) is 4.39 Å². The van der Waals surface area contributed by atoms with Gasteiger partial charge in [0.2, 0.25) is 23.6 Å². The molecule has 0 N–H and O–H groups in total. The highest BCUT2D eigenvalue weighted by atomic mass is 19.1. The number of hydrogen-bond donors (Lipinski definition) is 0. The Labute approximate surface area is 198 Å². The van der Waals surface area contributed by atoms with Gasteiger partial charge in [0.15, 0.2) is 0 Å². The van der Waals surface area contributed by atoms with Crippen LogP contribution in [-0.2, 0) is 9.59 Å². The Bertz CT molecular complexity index is 1190. The van der Waals surface area contributed by atoms with Crippen molar-refractivity contribution in [1.29, 1.82) is 0 Å². The molecule has 2 heterocycles. The molecule has 0 spiro atoms. The second kappa shape index (κ2) is 9.75. The van der Waals surface area contributed by atoms with Crippen LogP contribution in [-0.4, -0.2) is 46.5 Å². The van der Waals surface area contributed by atoms with Crippen molar-refractivity contribution in [3.05, 3.63) is 71.2 Å². The maximum absolute atomic E-state index is 14.7. The van der Waals surface area contributed by atoms with E-state index in [0.717, 1.165) is 16.8 Å². The highest BCUT2D eigenvalue weighted by molar-refractivity contribution is 5.97. The first kappa shape index (κ1) is 23.6. The van der Waals surface area contributed by atoms with Crippen LogP contribution >= 0.6 is 0 Å². The molecule has 0 bridgehead atoms. The van der Waals surface area contributed by atoms with Crippen molar-refractivity contribution in [3.63, 3.8) is 0 Å². The summed E-state index contributed by atoms with van der Waals surface area (Å²) in [5.74, 6) is -0.0785.